The average Bonchev–Trinajstić information content (AvgIpc) is 3.83. The van der Waals surface area contributed by atoms with Crippen LogP contribution in [0.3, 0.4) is 0 Å². The first-order chi connectivity index (χ1) is 26.8. The van der Waals surface area contributed by atoms with Crippen LogP contribution in [0.5, 0.6) is 0 Å². The lowest BCUT2D eigenvalue weighted by atomic mass is 9.86. The van der Waals surface area contributed by atoms with Crippen LogP contribution in [-0.2, 0) is 0 Å². The molecule has 0 saturated carbocycles. The van der Waals surface area contributed by atoms with E-state index in [1.165, 1.54) is 43.8 Å². The van der Waals surface area contributed by atoms with Crippen LogP contribution in [0.15, 0.2) is 203 Å². The Morgan fingerprint density at radius 3 is 1.24 bits per heavy atom. The first kappa shape index (κ1) is 30.5. The monoisotopic (exact) mass is 688 g/mol. The standard InChI is InChI=1S/C52H32O2/c1-4-14-34(15-5-1)47-39-20-10-12-22-41(39)48(42-23-13-11-21-40(42)47)36-26-24-33(25-27-36)38-28-31-46-45(32-38)43-29-30-44-49(35-16-6-2-7-17-35)50(37-18-8-3-9-19-37)54-52(44)51(43)53-46/h1-32H. The predicted octanol–water partition coefficient (Wildman–Crippen LogP) is 15.0. The molecule has 2 nitrogen and oxygen atoms in total. The van der Waals surface area contributed by atoms with Gasteiger partial charge in [0.15, 0.2) is 11.2 Å². The Morgan fingerprint density at radius 1 is 0.241 bits per heavy atom. The van der Waals surface area contributed by atoms with Crippen LogP contribution in [0, 0.1) is 0 Å². The normalized spacial score (nSPS) is 11.7. The third kappa shape index (κ3) is 4.74. The Balaban J connectivity index is 1.04. The van der Waals surface area contributed by atoms with Gasteiger partial charge in [0, 0.05) is 27.3 Å². The van der Waals surface area contributed by atoms with Crippen molar-refractivity contribution >= 4 is 54.5 Å². The molecule has 0 fully saturated rings. The van der Waals surface area contributed by atoms with E-state index in [9.17, 15) is 0 Å². The Hall–Kier alpha value is -7.16. The summed E-state index contributed by atoms with van der Waals surface area (Å²) in [5, 5.41) is 8.18. The van der Waals surface area contributed by atoms with Crippen LogP contribution >= 0.6 is 0 Å². The second kappa shape index (κ2) is 12.2. The number of furan rings is 2. The van der Waals surface area contributed by atoms with Gasteiger partial charge in [0.25, 0.3) is 0 Å². The number of rotatable bonds is 5. The van der Waals surface area contributed by atoms with Gasteiger partial charge in [0.2, 0.25) is 0 Å². The topological polar surface area (TPSA) is 26.3 Å². The summed E-state index contributed by atoms with van der Waals surface area (Å²) in [5.41, 5.74) is 12.9. The smallest absolute Gasteiger partial charge is 0.178 e. The zero-order valence-corrected chi connectivity index (χ0v) is 29.3. The summed E-state index contributed by atoms with van der Waals surface area (Å²) in [5.74, 6) is 0.848. The Labute approximate surface area is 312 Å². The van der Waals surface area contributed by atoms with Gasteiger partial charge in [-0.3, -0.25) is 0 Å². The minimum absolute atomic E-state index is 0.769. The molecule has 11 rings (SSSR count). The molecule has 0 spiro atoms. The number of benzene rings is 9. The maximum absolute atomic E-state index is 6.75. The summed E-state index contributed by atoms with van der Waals surface area (Å²) in [6, 6.07) is 69.1. The van der Waals surface area contributed by atoms with Gasteiger partial charge in [0.05, 0.1) is 0 Å². The molecule has 0 radical (unpaired) electrons. The molecular formula is C52H32O2. The third-order valence-electron chi connectivity index (χ3n) is 10.9. The molecule has 11 aromatic rings. The molecule has 0 saturated heterocycles. The highest BCUT2D eigenvalue weighted by Crippen LogP contribution is 2.46. The quantitative estimate of drug-likeness (QED) is 0.168. The Bertz CT molecular complexity index is 3110. The predicted molar refractivity (Wildman–Crippen MR) is 226 cm³/mol. The molecule has 0 atom stereocenters. The van der Waals surface area contributed by atoms with Crippen molar-refractivity contribution in [2.24, 2.45) is 0 Å². The van der Waals surface area contributed by atoms with E-state index in [2.05, 4.69) is 170 Å². The van der Waals surface area contributed by atoms with Crippen molar-refractivity contribution < 1.29 is 8.83 Å². The highest BCUT2D eigenvalue weighted by atomic mass is 16.4. The van der Waals surface area contributed by atoms with Gasteiger partial charge < -0.3 is 8.83 Å². The lowest BCUT2D eigenvalue weighted by Crippen LogP contribution is -1.90. The minimum atomic E-state index is 0.769. The molecule has 54 heavy (non-hydrogen) atoms. The van der Waals surface area contributed by atoms with E-state index in [0.29, 0.717) is 0 Å². The van der Waals surface area contributed by atoms with Crippen molar-refractivity contribution in [3.05, 3.63) is 194 Å². The Morgan fingerprint density at radius 2 is 0.667 bits per heavy atom. The second-order valence-electron chi connectivity index (χ2n) is 14.0. The molecule has 0 amide bonds. The van der Waals surface area contributed by atoms with Crippen LogP contribution in [0.1, 0.15) is 0 Å². The lowest BCUT2D eigenvalue weighted by molar-refractivity contribution is 0.612. The van der Waals surface area contributed by atoms with Crippen molar-refractivity contribution in [2.75, 3.05) is 0 Å². The molecule has 0 aliphatic carbocycles. The molecule has 0 N–H and O–H groups in total. The zero-order chi connectivity index (χ0) is 35.6. The summed E-state index contributed by atoms with van der Waals surface area (Å²) in [6.07, 6.45) is 0. The van der Waals surface area contributed by atoms with E-state index < -0.39 is 0 Å². The van der Waals surface area contributed by atoms with Gasteiger partial charge in [-0.2, -0.15) is 0 Å². The van der Waals surface area contributed by atoms with Gasteiger partial charge in [-0.05, 0) is 84.8 Å². The molecule has 9 aromatic carbocycles. The van der Waals surface area contributed by atoms with Gasteiger partial charge >= 0.3 is 0 Å². The van der Waals surface area contributed by atoms with E-state index in [-0.39, 0.29) is 0 Å². The molecule has 0 aliphatic heterocycles. The van der Waals surface area contributed by atoms with E-state index in [1.54, 1.807) is 0 Å². The highest BCUT2D eigenvalue weighted by molar-refractivity contribution is 6.22. The molecule has 2 heterocycles. The van der Waals surface area contributed by atoms with Gasteiger partial charge in [-0.25, -0.2) is 0 Å². The average molecular weight is 689 g/mol. The van der Waals surface area contributed by atoms with Crippen LogP contribution in [-0.4, -0.2) is 0 Å². The molecular weight excluding hydrogens is 657 g/mol. The molecule has 0 unspecified atom stereocenters. The molecule has 0 aliphatic rings. The third-order valence-corrected chi connectivity index (χ3v) is 10.9. The maximum atomic E-state index is 6.75. The molecule has 2 heteroatoms. The van der Waals surface area contributed by atoms with E-state index in [0.717, 1.165) is 66.5 Å². The fourth-order valence-electron chi connectivity index (χ4n) is 8.44. The second-order valence-corrected chi connectivity index (χ2v) is 14.0. The number of hydrogen-bond acceptors (Lipinski definition) is 2. The Kier molecular flexibility index (Phi) is 6.90. The minimum Gasteiger partial charge on any atom is -0.452 e. The molecule has 252 valence electrons. The van der Waals surface area contributed by atoms with Crippen molar-refractivity contribution in [1.82, 2.24) is 0 Å². The van der Waals surface area contributed by atoms with Crippen LogP contribution in [0.25, 0.3) is 110 Å². The van der Waals surface area contributed by atoms with Crippen molar-refractivity contribution in [3.63, 3.8) is 0 Å². The first-order valence-corrected chi connectivity index (χ1v) is 18.4. The van der Waals surface area contributed by atoms with Crippen molar-refractivity contribution in [3.8, 4) is 55.8 Å². The van der Waals surface area contributed by atoms with Crippen molar-refractivity contribution in [1.29, 1.82) is 0 Å². The van der Waals surface area contributed by atoms with Crippen LogP contribution in [0.2, 0.25) is 0 Å². The molecule has 0 bridgehead atoms. The molecule has 2 aromatic heterocycles. The first-order valence-electron chi connectivity index (χ1n) is 18.4. The van der Waals surface area contributed by atoms with Crippen LogP contribution in [0.4, 0.5) is 0 Å². The number of hydrogen-bond donors (Lipinski definition) is 0. The van der Waals surface area contributed by atoms with Gasteiger partial charge in [-0.1, -0.05) is 170 Å². The lowest BCUT2D eigenvalue weighted by Gasteiger charge is -2.18. The summed E-state index contributed by atoms with van der Waals surface area (Å²) in [7, 11) is 0. The van der Waals surface area contributed by atoms with Gasteiger partial charge in [0.1, 0.15) is 11.3 Å². The zero-order valence-electron chi connectivity index (χ0n) is 29.3. The summed E-state index contributed by atoms with van der Waals surface area (Å²) < 4.78 is 13.4. The fraction of sp³-hybridized carbons (Fsp3) is 0. The van der Waals surface area contributed by atoms with E-state index in [4.69, 9.17) is 8.83 Å². The fourth-order valence-corrected chi connectivity index (χ4v) is 8.44. The van der Waals surface area contributed by atoms with E-state index >= 15 is 0 Å². The van der Waals surface area contributed by atoms with E-state index in [1.807, 2.05) is 24.3 Å². The van der Waals surface area contributed by atoms with Gasteiger partial charge in [-0.15, -0.1) is 0 Å². The largest absolute Gasteiger partial charge is 0.452 e. The number of fused-ring (bicyclic) bond motifs is 7. The SMILES string of the molecule is c1ccc(-c2oc3c(ccc4c5cc(-c6ccc(-c7c8ccccc8c(-c8ccccc8)c8ccccc78)cc6)ccc5oc43)c2-c2ccccc2)cc1. The summed E-state index contributed by atoms with van der Waals surface area (Å²) >= 11 is 0. The van der Waals surface area contributed by atoms with Crippen molar-refractivity contribution in [2.45, 2.75) is 0 Å². The van der Waals surface area contributed by atoms with Crippen LogP contribution < -0.4 is 0 Å². The summed E-state index contributed by atoms with van der Waals surface area (Å²) in [4.78, 5) is 0. The highest BCUT2D eigenvalue weighted by Gasteiger charge is 2.22. The summed E-state index contributed by atoms with van der Waals surface area (Å²) in [6.45, 7) is 0. The maximum Gasteiger partial charge on any atom is 0.178 e.